The SMILES string of the molecule is C=CCN1CCN(C(=O)COC)CC(Cc2cccc(-c3ccc(F)cc3)c2)C1=O. The van der Waals surface area contributed by atoms with Crippen LogP contribution in [0, 0.1) is 11.7 Å². The molecule has 1 aliphatic rings. The molecule has 2 aromatic carbocycles. The molecule has 0 bridgehead atoms. The van der Waals surface area contributed by atoms with Crippen molar-refractivity contribution in [3.05, 3.63) is 72.6 Å². The molecular weight excluding hydrogens is 383 g/mol. The Morgan fingerprint density at radius 1 is 1.20 bits per heavy atom. The summed E-state index contributed by atoms with van der Waals surface area (Å²) in [5.74, 6) is -0.718. The van der Waals surface area contributed by atoms with Crippen LogP contribution in [0.25, 0.3) is 11.1 Å². The van der Waals surface area contributed by atoms with Gasteiger partial charge < -0.3 is 14.5 Å². The van der Waals surface area contributed by atoms with Crippen LogP contribution in [-0.2, 0) is 20.7 Å². The Morgan fingerprint density at radius 3 is 2.67 bits per heavy atom. The zero-order chi connectivity index (χ0) is 21.5. The van der Waals surface area contributed by atoms with E-state index >= 15 is 0 Å². The van der Waals surface area contributed by atoms with E-state index in [0.717, 1.165) is 16.7 Å². The van der Waals surface area contributed by atoms with Crippen LogP contribution in [0.3, 0.4) is 0 Å². The average molecular weight is 410 g/mol. The molecule has 0 aliphatic carbocycles. The third-order valence-corrected chi connectivity index (χ3v) is 5.30. The number of amides is 2. The number of benzene rings is 2. The summed E-state index contributed by atoms with van der Waals surface area (Å²) in [5.41, 5.74) is 2.87. The average Bonchev–Trinajstić information content (AvgIpc) is 2.89. The van der Waals surface area contributed by atoms with Crippen molar-refractivity contribution in [3.8, 4) is 11.1 Å². The summed E-state index contributed by atoms with van der Waals surface area (Å²) in [6.07, 6.45) is 2.22. The molecule has 3 rings (SSSR count). The molecule has 1 heterocycles. The number of carbonyl (C=O) groups is 2. The maximum Gasteiger partial charge on any atom is 0.248 e. The summed E-state index contributed by atoms with van der Waals surface area (Å²) < 4.78 is 18.2. The van der Waals surface area contributed by atoms with Gasteiger partial charge >= 0.3 is 0 Å². The van der Waals surface area contributed by atoms with Crippen LogP contribution < -0.4 is 0 Å². The third-order valence-electron chi connectivity index (χ3n) is 5.30. The minimum atomic E-state index is -0.350. The molecule has 1 saturated heterocycles. The van der Waals surface area contributed by atoms with E-state index < -0.39 is 0 Å². The molecule has 0 aromatic heterocycles. The molecule has 6 heteroatoms. The molecule has 5 nitrogen and oxygen atoms in total. The lowest BCUT2D eigenvalue weighted by Gasteiger charge is -2.23. The van der Waals surface area contributed by atoms with E-state index in [1.807, 2.05) is 24.3 Å². The van der Waals surface area contributed by atoms with Gasteiger partial charge in [-0.2, -0.15) is 0 Å². The molecule has 0 saturated carbocycles. The lowest BCUT2D eigenvalue weighted by molar-refractivity contribution is -0.136. The van der Waals surface area contributed by atoms with E-state index in [2.05, 4.69) is 6.58 Å². The van der Waals surface area contributed by atoms with Gasteiger partial charge in [0.25, 0.3) is 0 Å². The fourth-order valence-electron chi connectivity index (χ4n) is 3.78. The van der Waals surface area contributed by atoms with Crippen LogP contribution in [0.1, 0.15) is 5.56 Å². The summed E-state index contributed by atoms with van der Waals surface area (Å²) >= 11 is 0. The zero-order valence-electron chi connectivity index (χ0n) is 17.2. The van der Waals surface area contributed by atoms with Gasteiger partial charge in [0.1, 0.15) is 12.4 Å². The van der Waals surface area contributed by atoms with Gasteiger partial charge in [-0.05, 0) is 35.2 Å². The quantitative estimate of drug-likeness (QED) is 0.659. The number of nitrogens with zero attached hydrogens (tertiary/aromatic N) is 2. The second-order valence-corrected chi connectivity index (χ2v) is 7.45. The number of rotatable bonds is 7. The fraction of sp³-hybridized carbons (Fsp3) is 0.333. The Labute approximate surface area is 176 Å². The van der Waals surface area contributed by atoms with Gasteiger partial charge in [-0.3, -0.25) is 9.59 Å². The second-order valence-electron chi connectivity index (χ2n) is 7.45. The highest BCUT2D eigenvalue weighted by atomic mass is 19.1. The summed E-state index contributed by atoms with van der Waals surface area (Å²) in [6, 6.07) is 14.2. The van der Waals surface area contributed by atoms with Gasteiger partial charge in [0, 0.05) is 33.3 Å². The van der Waals surface area contributed by atoms with Gasteiger partial charge in [0.15, 0.2) is 0 Å². The predicted octanol–water partition coefficient (Wildman–Crippen LogP) is 3.15. The summed E-state index contributed by atoms with van der Waals surface area (Å²) in [6.45, 7) is 5.52. The van der Waals surface area contributed by atoms with Crippen molar-refractivity contribution in [3.63, 3.8) is 0 Å². The van der Waals surface area contributed by atoms with E-state index in [0.29, 0.717) is 32.6 Å². The van der Waals surface area contributed by atoms with E-state index in [1.54, 1.807) is 28.0 Å². The number of hydrogen-bond donors (Lipinski definition) is 0. The Hall–Kier alpha value is -2.99. The highest BCUT2D eigenvalue weighted by Crippen LogP contribution is 2.24. The number of carbonyl (C=O) groups excluding carboxylic acids is 2. The van der Waals surface area contributed by atoms with E-state index in [1.165, 1.54) is 19.2 Å². The van der Waals surface area contributed by atoms with Crippen LogP contribution in [0.2, 0.25) is 0 Å². The molecule has 2 amide bonds. The molecule has 2 aromatic rings. The fourth-order valence-corrected chi connectivity index (χ4v) is 3.78. The van der Waals surface area contributed by atoms with E-state index in [9.17, 15) is 14.0 Å². The molecule has 1 fully saturated rings. The van der Waals surface area contributed by atoms with Crippen molar-refractivity contribution >= 4 is 11.8 Å². The summed E-state index contributed by atoms with van der Waals surface area (Å²) in [7, 11) is 1.49. The third kappa shape index (κ3) is 5.33. The van der Waals surface area contributed by atoms with Gasteiger partial charge in [0.2, 0.25) is 11.8 Å². The van der Waals surface area contributed by atoms with Crippen LogP contribution in [0.15, 0.2) is 61.2 Å². The largest absolute Gasteiger partial charge is 0.375 e. The molecule has 0 radical (unpaired) electrons. The lowest BCUT2D eigenvalue weighted by atomic mass is 9.94. The Kier molecular flexibility index (Phi) is 7.36. The molecule has 30 heavy (non-hydrogen) atoms. The zero-order valence-corrected chi connectivity index (χ0v) is 17.2. The lowest BCUT2D eigenvalue weighted by Crippen LogP contribution is -2.39. The Balaban J connectivity index is 1.83. The number of hydrogen-bond acceptors (Lipinski definition) is 3. The topological polar surface area (TPSA) is 49.9 Å². The normalized spacial score (nSPS) is 17.0. The monoisotopic (exact) mass is 410 g/mol. The maximum atomic E-state index is 13.2. The van der Waals surface area contributed by atoms with Crippen molar-refractivity contribution in [2.24, 2.45) is 5.92 Å². The molecule has 1 atom stereocenters. The highest BCUT2D eigenvalue weighted by molar-refractivity contribution is 5.83. The Morgan fingerprint density at radius 2 is 1.97 bits per heavy atom. The Bertz CT molecular complexity index is 898. The summed E-state index contributed by atoms with van der Waals surface area (Å²) in [5, 5.41) is 0. The molecule has 158 valence electrons. The van der Waals surface area contributed by atoms with Crippen molar-refractivity contribution in [1.29, 1.82) is 0 Å². The highest BCUT2D eigenvalue weighted by Gasteiger charge is 2.31. The molecule has 0 N–H and O–H groups in total. The van der Waals surface area contributed by atoms with E-state index in [-0.39, 0.29) is 30.2 Å². The minimum Gasteiger partial charge on any atom is -0.375 e. The number of halogens is 1. The molecule has 0 spiro atoms. The van der Waals surface area contributed by atoms with Crippen molar-refractivity contribution < 1.29 is 18.7 Å². The molecular formula is C24H27FN2O3. The molecule has 1 unspecified atom stereocenters. The van der Waals surface area contributed by atoms with Crippen LogP contribution in [-0.4, -0.2) is 61.5 Å². The predicted molar refractivity (Wildman–Crippen MR) is 114 cm³/mol. The number of ether oxygens (including phenoxy) is 1. The summed E-state index contributed by atoms with van der Waals surface area (Å²) in [4.78, 5) is 29.0. The van der Waals surface area contributed by atoms with Crippen molar-refractivity contribution in [2.45, 2.75) is 6.42 Å². The van der Waals surface area contributed by atoms with Gasteiger partial charge in [-0.15, -0.1) is 6.58 Å². The second kappa shape index (κ2) is 10.2. The van der Waals surface area contributed by atoms with Gasteiger partial charge in [0.05, 0.1) is 5.92 Å². The maximum absolute atomic E-state index is 13.2. The van der Waals surface area contributed by atoms with Crippen LogP contribution in [0.5, 0.6) is 0 Å². The van der Waals surface area contributed by atoms with E-state index in [4.69, 9.17) is 4.74 Å². The van der Waals surface area contributed by atoms with Crippen molar-refractivity contribution in [1.82, 2.24) is 9.80 Å². The van der Waals surface area contributed by atoms with Gasteiger partial charge in [-0.1, -0.05) is 42.5 Å². The first-order chi connectivity index (χ1) is 14.5. The van der Waals surface area contributed by atoms with Crippen LogP contribution >= 0.6 is 0 Å². The first-order valence-electron chi connectivity index (χ1n) is 10.0. The molecule has 1 aliphatic heterocycles. The smallest absolute Gasteiger partial charge is 0.248 e. The first-order valence-corrected chi connectivity index (χ1v) is 10.0. The van der Waals surface area contributed by atoms with Crippen LogP contribution in [0.4, 0.5) is 4.39 Å². The minimum absolute atomic E-state index is 0.00240. The number of methoxy groups -OCH3 is 1. The van der Waals surface area contributed by atoms with Crippen molar-refractivity contribution in [2.75, 3.05) is 39.9 Å². The standard InChI is InChI=1S/C24H27FN2O3/c1-3-11-26-12-13-27(23(28)17-30-2)16-21(24(26)29)15-18-5-4-6-20(14-18)19-7-9-22(25)10-8-19/h3-10,14,21H,1,11-13,15-17H2,2H3. The van der Waals surface area contributed by atoms with Gasteiger partial charge in [-0.25, -0.2) is 4.39 Å². The first kappa shape index (κ1) is 21.7.